The summed E-state index contributed by atoms with van der Waals surface area (Å²) in [6.07, 6.45) is 5.34. The number of ether oxygens (including phenoxy) is 1. The van der Waals surface area contributed by atoms with Crippen LogP contribution in [-0.2, 0) is 18.3 Å². The van der Waals surface area contributed by atoms with Crippen LogP contribution in [0, 0.1) is 45.8 Å². The van der Waals surface area contributed by atoms with Crippen LogP contribution in [-0.4, -0.2) is 53.9 Å². The van der Waals surface area contributed by atoms with Crippen molar-refractivity contribution in [2.24, 2.45) is 45.8 Å². The van der Waals surface area contributed by atoms with E-state index in [2.05, 4.69) is 62.3 Å². The second kappa shape index (κ2) is 11.5. The van der Waals surface area contributed by atoms with Crippen LogP contribution in [0.25, 0.3) is 0 Å². The van der Waals surface area contributed by atoms with Crippen LogP contribution < -0.4 is 0 Å². The van der Waals surface area contributed by atoms with Gasteiger partial charge in [0.05, 0.1) is 36.6 Å². The Morgan fingerprint density at radius 3 is 1.47 bits per heavy atom. The Balaban J connectivity index is 1.69. The highest BCUT2D eigenvalue weighted by molar-refractivity contribution is 7.41. The maximum atomic E-state index is 11.1. The summed E-state index contributed by atoms with van der Waals surface area (Å²) < 4.78 is 26.7. The molecule has 0 aromatic rings. The fourth-order valence-electron chi connectivity index (χ4n) is 8.11. The van der Waals surface area contributed by atoms with Crippen molar-refractivity contribution in [3.63, 3.8) is 0 Å². The van der Waals surface area contributed by atoms with Gasteiger partial charge in [-0.15, -0.1) is 0 Å². The molecule has 3 aliphatic carbocycles. The molecular weight excluding hydrogens is 499 g/mol. The average Bonchev–Trinajstić information content (AvgIpc) is 2.93. The van der Waals surface area contributed by atoms with E-state index in [-0.39, 0.29) is 76.5 Å². The zero-order chi connectivity index (χ0) is 28.2. The van der Waals surface area contributed by atoms with Gasteiger partial charge in [-0.3, -0.25) is 0 Å². The van der Waals surface area contributed by atoms with E-state index in [0.29, 0.717) is 18.8 Å². The van der Waals surface area contributed by atoms with Crippen molar-refractivity contribution in [2.45, 2.75) is 144 Å². The summed E-state index contributed by atoms with van der Waals surface area (Å²) in [5.74, 6) is 1.03. The molecule has 7 heteroatoms. The molecule has 1 heterocycles. The predicted molar refractivity (Wildman–Crippen MR) is 152 cm³/mol. The molecule has 11 unspecified atom stereocenters. The Kier molecular flexibility index (Phi) is 9.39. The first-order valence-corrected chi connectivity index (χ1v) is 16.3. The minimum atomic E-state index is -1.58. The molecule has 4 rings (SSSR count). The first-order chi connectivity index (χ1) is 17.5. The van der Waals surface area contributed by atoms with Crippen LogP contribution in [0.3, 0.4) is 0 Å². The molecule has 6 nitrogen and oxygen atoms in total. The molecule has 222 valence electrons. The molecule has 4 aliphatic rings. The molecule has 1 saturated heterocycles. The summed E-state index contributed by atoms with van der Waals surface area (Å²) in [7, 11) is 0.240. The summed E-state index contributed by atoms with van der Waals surface area (Å²) in [6, 6.07) is 0. The second-order valence-corrected chi connectivity index (χ2v) is 17.3. The fraction of sp³-hybridized carbons (Fsp3) is 1.00. The minimum absolute atomic E-state index is 0.0215. The van der Waals surface area contributed by atoms with Crippen molar-refractivity contribution >= 4 is 8.60 Å². The van der Waals surface area contributed by atoms with Crippen LogP contribution in [0.5, 0.6) is 0 Å². The maximum absolute atomic E-state index is 11.1. The van der Waals surface area contributed by atoms with Crippen LogP contribution in [0.1, 0.15) is 107 Å². The third-order valence-electron chi connectivity index (χ3n) is 10.4. The van der Waals surface area contributed by atoms with E-state index < -0.39 is 8.60 Å². The number of rotatable bonds is 3. The number of hydrogen-bond donors (Lipinski definition) is 2. The number of aliphatic hydroxyl groups excluding tert-OH is 2. The van der Waals surface area contributed by atoms with Crippen molar-refractivity contribution < 1.29 is 28.5 Å². The van der Waals surface area contributed by atoms with E-state index in [9.17, 15) is 10.2 Å². The average molecular weight is 557 g/mol. The van der Waals surface area contributed by atoms with Crippen LogP contribution in [0.15, 0.2) is 0 Å². The van der Waals surface area contributed by atoms with Crippen molar-refractivity contribution in [3.05, 3.63) is 0 Å². The van der Waals surface area contributed by atoms with Gasteiger partial charge in [0.25, 0.3) is 0 Å². The molecule has 0 aromatic heterocycles. The van der Waals surface area contributed by atoms with Gasteiger partial charge in [-0.1, -0.05) is 62.3 Å². The second-order valence-electron chi connectivity index (χ2n) is 16.2. The molecular formula is C31H57O6P. The lowest BCUT2D eigenvalue weighted by atomic mass is 9.57. The summed E-state index contributed by atoms with van der Waals surface area (Å²) in [5.41, 5.74) is 0.0403. The van der Waals surface area contributed by atoms with E-state index in [1.807, 2.05) is 7.11 Å². The smallest absolute Gasteiger partial charge is 0.333 e. The Labute approximate surface area is 233 Å². The van der Waals surface area contributed by atoms with Crippen molar-refractivity contribution in [1.29, 1.82) is 0 Å². The predicted octanol–water partition coefficient (Wildman–Crippen LogP) is 7.11. The van der Waals surface area contributed by atoms with Crippen LogP contribution >= 0.6 is 8.60 Å². The van der Waals surface area contributed by atoms with Gasteiger partial charge >= 0.3 is 8.60 Å². The molecule has 0 radical (unpaired) electrons. The molecule has 2 N–H and O–H groups in total. The van der Waals surface area contributed by atoms with Gasteiger partial charge in [0.1, 0.15) is 0 Å². The van der Waals surface area contributed by atoms with Crippen molar-refractivity contribution in [3.8, 4) is 0 Å². The topological polar surface area (TPSA) is 77.4 Å². The molecule has 1 aliphatic heterocycles. The third-order valence-corrected chi connectivity index (χ3v) is 11.6. The Morgan fingerprint density at radius 1 is 0.632 bits per heavy atom. The molecule has 3 saturated carbocycles. The zero-order valence-corrected chi connectivity index (χ0v) is 26.7. The van der Waals surface area contributed by atoms with Crippen molar-refractivity contribution in [2.75, 3.05) is 7.11 Å². The van der Waals surface area contributed by atoms with E-state index in [1.165, 1.54) is 0 Å². The molecule has 38 heavy (non-hydrogen) atoms. The van der Waals surface area contributed by atoms with Crippen molar-refractivity contribution in [1.82, 2.24) is 0 Å². The molecule has 11 atom stereocenters. The first kappa shape index (κ1) is 31.1. The lowest BCUT2D eigenvalue weighted by molar-refractivity contribution is -0.110. The largest absolute Gasteiger partial charge is 0.393 e. The summed E-state index contributed by atoms with van der Waals surface area (Å²) >= 11 is 0. The maximum Gasteiger partial charge on any atom is 0.333 e. The molecule has 0 aromatic carbocycles. The fourth-order valence-corrected chi connectivity index (χ4v) is 9.74. The van der Waals surface area contributed by atoms with Gasteiger partial charge in [-0.05, 0) is 90.8 Å². The molecule has 0 amide bonds. The van der Waals surface area contributed by atoms with Gasteiger partial charge in [0, 0.05) is 7.11 Å². The lowest BCUT2D eigenvalue weighted by Crippen LogP contribution is -2.53. The van der Waals surface area contributed by atoms with E-state index in [1.54, 1.807) is 0 Å². The lowest BCUT2D eigenvalue weighted by Gasteiger charge is -2.51. The normalized spacial score (nSPS) is 45.2. The Hall–Kier alpha value is 0.190. The van der Waals surface area contributed by atoms with E-state index >= 15 is 0 Å². The quantitative estimate of drug-likeness (QED) is 0.361. The Morgan fingerprint density at radius 2 is 1.08 bits per heavy atom. The van der Waals surface area contributed by atoms with Gasteiger partial charge in [0.2, 0.25) is 0 Å². The summed E-state index contributed by atoms with van der Waals surface area (Å²) in [5, 5.41) is 22.1. The number of hydrogen-bond acceptors (Lipinski definition) is 6. The minimum Gasteiger partial charge on any atom is -0.393 e. The highest BCUT2D eigenvalue weighted by Crippen LogP contribution is 2.61. The first-order valence-electron chi connectivity index (χ1n) is 15.2. The van der Waals surface area contributed by atoms with Gasteiger partial charge in [-0.2, -0.15) is 0 Å². The zero-order valence-electron chi connectivity index (χ0n) is 25.8. The van der Waals surface area contributed by atoms with Gasteiger partial charge in [0.15, 0.2) is 0 Å². The SMILES string of the molecule is COC1CCC(OP2OC3C(CC(O)CC3C(C)(C)C)C3CC(O)CC(C(C)(C)C)C3O2)C(C(C)(C)C)C1. The summed E-state index contributed by atoms with van der Waals surface area (Å²) in [6.45, 7) is 20.5. The van der Waals surface area contributed by atoms with Crippen LogP contribution in [0.4, 0.5) is 0 Å². The van der Waals surface area contributed by atoms with E-state index in [0.717, 1.165) is 32.1 Å². The Bertz CT molecular complexity index is 741. The van der Waals surface area contributed by atoms with E-state index in [4.69, 9.17) is 18.3 Å². The summed E-state index contributed by atoms with van der Waals surface area (Å²) in [4.78, 5) is 0. The molecule has 0 bridgehead atoms. The van der Waals surface area contributed by atoms with Gasteiger partial charge in [-0.25, -0.2) is 0 Å². The number of fused-ring (bicyclic) bond motifs is 3. The third kappa shape index (κ3) is 6.80. The number of methoxy groups -OCH3 is 1. The number of aliphatic hydroxyl groups is 2. The van der Waals surface area contributed by atoms with Crippen LogP contribution in [0.2, 0.25) is 0 Å². The van der Waals surface area contributed by atoms with Gasteiger partial charge < -0.3 is 28.5 Å². The standard InChI is InChI=1S/C31H57O6P/c1-29(2,3)23-17-20(34-10)11-12-26(23)35-38-36-27-21(13-18(32)15-24(27)30(4,5)6)22-14-19(33)16-25(28(22)37-38)31(7,8)9/h18-28,32-33H,11-17H2,1-10H3. The highest BCUT2D eigenvalue weighted by Gasteiger charge is 2.56. The molecule has 4 fully saturated rings. The highest BCUT2D eigenvalue weighted by atomic mass is 31.2. The molecule has 0 spiro atoms. The monoisotopic (exact) mass is 556 g/mol.